The van der Waals surface area contributed by atoms with Crippen LogP contribution < -0.4 is 25.0 Å². The van der Waals surface area contributed by atoms with Gasteiger partial charge >= 0.3 is 0 Å². The molecular formula is C23H27N3O3S. The van der Waals surface area contributed by atoms with Gasteiger partial charge in [0, 0.05) is 42.4 Å². The van der Waals surface area contributed by atoms with Crippen LogP contribution in [0.15, 0.2) is 42.5 Å². The number of rotatable bonds is 4. The molecule has 2 N–H and O–H groups in total. The van der Waals surface area contributed by atoms with Crippen LogP contribution in [0.2, 0.25) is 0 Å². The summed E-state index contributed by atoms with van der Waals surface area (Å²) in [6.45, 7) is 4.90. The second-order valence-corrected chi connectivity index (χ2v) is 8.73. The van der Waals surface area contributed by atoms with E-state index in [1.807, 2.05) is 47.4 Å². The summed E-state index contributed by atoms with van der Waals surface area (Å²) in [7, 11) is 1.65. The van der Waals surface area contributed by atoms with Gasteiger partial charge in [-0.1, -0.05) is 6.07 Å². The van der Waals surface area contributed by atoms with Crippen molar-refractivity contribution in [3.63, 3.8) is 0 Å². The van der Waals surface area contributed by atoms with E-state index in [1.165, 1.54) is 0 Å². The number of amides is 1. The molecule has 0 saturated carbocycles. The summed E-state index contributed by atoms with van der Waals surface area (Å²) in [4.78, 5) is 13.9. The first-order valence-corrected chi connectivity index (χ1v) is 10.6. The summed E-state index contributed by atoms with van der Waals surface area (Å²) in [5.74, 6) is 1.74. The molecule has 0 aliphatic carbocycles. The lowest BCUT2D eigenvalue weighted by Crippen LogP contribution is -2.42. The molecule has 2 aliphatic heterocycles. The number of nitrogens with one attached hydrogen (secondary N) is 2. The van der Waals surface area contributed by atoms with Gasteiger partial charge in [0.1, 0.15) is 17.1 Å². The van der Waals surface area contributed by atoms with Gasteiger partial charge < -0.3 is 25.0 Å². The van der Waals surface area contributed by atoms with Crippen LogP contribution in [0, 0.1) is 0 Å². The van der Waals surface area contributed by atoms with Gasteiger partial charge in [-0.15, -0.1) is 0 Å². The molecule has 0 aromatic heterocycles. The van der Waals surface area contributed by atoms with E-state index in [-0.39, 0.29) is 17.6 Å². The van der Waals surface area contributed by atoms with Gasteiger partial charge in [0.15, 0.2) is 5.11 Å². The number of fused-ring (bicyclic) bond motifs is 1. The third-order valence-corrected chi connectivity index (χ3v) is 5.69. The van der Waals surface area contributed by atoms with E-state index in [2.05, 4.69) is 24.5 Å². The molecule has 6 nitrogen and oxygen atoms in total. The summed E-state index contributed by atoms with van der Waals surface area (Å²) >= 11 is 5.60. The van der Waals surface area contributed by atoms with Crippen LogP contribution in [0.25, 0.3) is 0 Å². The molecule has 0 spiro atoms. The van der Waals surface area contributed by atoms with Gasteiger partial charge in [0.25, 0.3) is 0 Å². The highest BCUT2D eigenvalue weighted by Gasteiger charge is 2.34. The molecule has 158 valence electrons. The molecule has 2 aromatic rings. The molecule has 1 atom stereocenters. The zero-order valence-electron chi connectivity index (χ0n) is 17.5. The summed E-state index contributed by atoms with van der Waals surface area (Å²) in [5.41, 5.74) is 2.47. The summed E-state index contributed by atoms with van der Waals surface area (Å²) in [5, 5.41) is 7.23. The Morgan fingerprint density at radius 3 is 2.83 bits per heavy atom. The first-order chi connectivity index (χ1) is 14.3. The molecule has 0 unspecified atom stereocenters. The number of benzene rings is 2. The Morgan fingerprint density at radius 1 is 1.27 bits per heavy atom. The van der Waals surface area contributed by atoms with Crippen LogP contribution in [0.3, 0.4) is 0 Å². The van der Waals surface area contributed by atoms with E-state index in [0.29, 0.717) is 11.5 Å². The minimum Gasteiger partial charge on any atom is -0.497 e. The Labute approximate surface area is 182 Å². The van der Waals surface area contributed by atoms with E-state index in [4.69, 9.17) is 21.7 Å². The number of anilines is 2. The Balaban J connectivity index is 1.49. The van der Waals surface area contributed by atoms with Crippen LogP contribution in [0.4, 0.5) is 11.4 Å². The van der Waals surface area contributed by atoms with Gasteiger partial charge in [-0.05, 0) is 62.8 Å². The fourth-order valence-corrected chi connectivity index (χ4v) is 4.35. The zero-order chi connectivity index (χ0) is 21.3. The highest BCUT2D eigenvalue weighted by atomic mass is 32.1. The maximum atomic E-state index is 12.0. The van der Waals surface area contributed by atoms with Crippen molar-refractivity contribution in [2.75, 3.05) is 23.9 Å². The van der Waals surface area contributed by atoms with Gasteiger partial charge in [-0.3, -0.25) is 4.79 Å². The van der Waals surface area contributed by atoms with Gasteiger partial charge in [0.2, 0.25) is 5.91 Å². The molecule has 2 aliphatic rings. The number of carbonyl (C=O) groups excluding carboxylic acids is 1. The normalized spacial score (nSPS) is 19.6. The largest absolute Gasteiger partial charge is 0.497 e. The summed E-state index contributed by atoms with van der Waals surface area (Å²) in [6, 6.07) is 13.7. The third-order valence-electron chi connectivity index (χ3n) is 5.47. The fourth-order valence-electron chi connectivity index (χ4n) is 4.09. The average Bonchev–Trinajstić information content (AvgIpc) is 3.12. The minimum absolute atomic E-state index is 0.0120. The number of hydrogen-bond acceptors (Lipinski definition) is 4. The van der Waals surface area contributed by atoms with Gasteiger partial charge in [0.05, 0.1) is 13.2 Å². The quantitative estimate of drug-likeness (QED) is 0.708. The number of thiocarbonyl (C=S) groups is 1. The van der Waals surface area contributed by atoms with Crippen LogP contribution in [0.5, 0.6) is 11.5 Å². The molecule has 1 saturated heterocycles. The monoisotopic (exact) mass is 425 g/mol. The number of carbonyl (C=O) groups is 1. The second-order valence-electron chi connectivity index (χ2n) is 8.32. The molecule has 0 bridgehead atoms. The van der Waals surface area contributed by atoms with Crippen molar-refractivity contribution >= 4 is 34.6 Å². The predicted octanol–water partition coefficient (Wildman–Crippen LogP) is 4.41. The number of ether oxygens (including phenoxy) is 2. The molecule has 1 amide bonds. The standard InChI is InChI=1S/C23H27N3O3S/c1-23(2)14-19(18-10-9-17(28-3)13-20(18)29-23)25-22(30)24-15-6-4-7-16(12-15)26-11-5-8-21(26)27/h4,6-7,9-10,12-13,19H,5,8,11,14H2,1-3H3,(H2,24,25,30)/t19-/m0/s1. The molecule has 0 radical (unpaired) electrons. The van der Waals surface area contributed by atoms with Crippen LogP contribution >= 0.6 is 12.2 Å². The smallest absolute Gasteiger partial charge is 0.227 e. The predicted molar refractivity (Wildman–Crippen MR) is 122 cm³/mol. The maximum absolute atomic E-state index is 12.0. The molecule has 7 heteroatoms. The van der Waals surface area contributed by atoms with Crippen molar-refractivity contribution < 1.29 is 14.3 Å². The van der Waals surface area contributed by atoms with E-state index in [1.54, 1.807) is 7.11 Å². The SMILES string of the molecule is COc1ccc2c(c1)OC(C)(C)C[C@@H]2NC(=S)Nc1cccc(N2CCCC2=O)c1. The highest BCUT2D eigenvalue weighted by Crippen LogP contribution is 2.41. The van der Waals surface area contributed by atoms with Gasteiger partial charge in [-0.25, -0.2) is 0 Å². The third kappa shape index (κ3) is 4.36. The van der Waals surface area contributed by atoms with E-state index in [0.717, 1.165) is 47.8 Å². The average molecular weight is 426 g/mol. The lowest BCUT2D eigenvalue weighted by atomic mass is 9.89. The number of methoxy groups -OCH3 is 1. The number of nitrogens with zero attached hydrogens (tertiary/aromatic N) is 1. The second kappa shape index (κ2) is 8.14. The maximum Gasteiger partial charge on any atom is 0.227 e. The first-order valence-electron chi connectivity index (χ1n) is 10.2. The van der Waals surface area contributed by atoms with Crippen LogP contribution in [-0.2, 0) is 4.79 Å². The molecule has 4 rings (SSSR count). The Kier molecular flexibility index (Phi) is 5.56. The van der Waals surface area contributed by atoms with Crippen molar-refractivity contribution in [2.45, 2.75) is 44.8 Å². The van der Waals surface area contributed by atoms with Gasteiger partial charge in [-0.2, -0.15) is 0 Å². The van der Waals surface area contributed by atoms with Crippen molar-refractivity contribution in [2.24, 2.45) is 0 Å². The van der Waals surface area contributed by atoms with Crippen LogP contribution in [0.1, 0.15) is 44.7 Å². The lowest BCUT2D eigenvalue weighted by Gasteiger charge is -2.38. The van der Waals surface area contributed by atoms with Crippen LogP contribution in [-0.4, -0.2) is 30.3 Å². The molecule has 2 heterocycles. The zero-order valence-corrected chi connectivity index (χ0v) is 18.3. The van der Waals surface area contributed by atoms with Crippen molar-refractivity contribution in [1.82, 2.24) is 5.32 Å². The van der Waals surface area contributed by atoms with Crippen molar-refractivity contribution in [3.8, 4) is 11.5 Å². The lowest BCUT2D eigenvalue weighted by molar-refractivity contribution is -0.117. The minimum atomic E-state index is -0.331. The highest BCUT2D eigenvalue weighted by molar-refractivity contribution is 7.80. The van der Waals surface area contributed by atoms with E-state index < -0.39 is 0 Å². The van der Waals surface area contributed by atoms with E-state index in [9.17, 15) is 4.79 Å². The Morgan fingerprint density at radius 2 is 2.10 bits per heavy atom. The summed E-state index contributed by atoms with van der Waals surface area (Å²) < 4.78 is 11.5. The molecule has 30 heavy (non-hydrogen) atoms. The Bertz CT molecular complexity index is 976. The van der Waals surface area contributed by atoms with E-state index >= 15 is 0 Å². The number of hydrogen-bond donors (Lipinski definition) is 2. The van der Waals surface area contributed by atoms with Crippen molar-refractivity contribution in [3.05, 3.63) is 48.0 Å². The topological polar surface area (TPSA) is 62.8 Å². The molecule has 1 fully saturated rings. The fraction of sp³-hybridized carbons (Fsp3) is 0.391. The Hall–Kier alpha value is -2.80. The molecule has 2 aromatic carbocycles. The summed E-state index contributed by atoms with van der Waals surface area (Å²) in [6.07, 6.45) is 2.29. The van der Waals surface area contributed by atoms with Crippen molar-refractivity contribution in [1.29, 1.82) is 0 Å². The first kappa shape index (κ1) is 20.5. The molecular weight excluding hydrogens is 398 g/mol.